The third-order valence-corrected chi connectivity index (χ3v) is 3.30. The summed E-state index contributed by atoms with van der Waals surface area (Å²) in [6.45, 7) is 2.26. The van der Waals surface area contributed by atoms with E-state index < -0.39 is 0 Å². The van der Waals surface area contributed by atoms with Crippen molar-refractivity contribution in [2.24, 2.45) is 0 Å². The number of halogens is 1. The van der Waals surface area contributed by atoms with Crippen LogP contribution in [0.5, 0.6) is 11.5 Å². The average molecular weight is 320 g/mol. The second-order valence-corrected chi connectivity index (χ2v) is 5.30. The van der Waals surface area contributed by atoms with E-state index in [4.69, 9.17) is 21.1 Å². The lowest BCUT2D eigenvalue weighted by Gasteiger charge is -2.15. The number of ether oxygens (including phenoxy) is 2. The highest BCUT2D eigenvalue weighted by Gasteiger charge is 2.10. The van der Waals surface area contributed by atoms with Crippen molar-refractivity contribution in [1.29, 1.82) is 0 Å². The molecular formula is C17H18ClNO3. The van der Waals surface area contributed by atoms with Gasteiger partial charge < -0.3 is 14.8 Å². The summed E-state index contributed by atoms with van der Waals surface area (Å²) < 4.78 is 10.7. The molecule has 0 aliphatic heterocycles. The van der Waals surface area contributed by atoms with E-state index in [0.29, 0.717) is 17.2 Å². The van der Waals surface area contributed by atoms with Gasteiger partial charge in [0.1, 0.15) is 18.1 Å². The van der Waals surface area contributed by atoms with Crippen LogP contribution >= 0.6 is 11.6 Å². The normalized spacial score (nSPS) is 11.6. The Hall–Kier alpha value is -2.20. The standard InChI is InChI=1S/C17H18ClNO3/c1-12(11-22-16-9-5-14(18)6-10-16)19-17(20)13-3-7-15(21-2)8-4-13/h3-10,12H,11H2,1-2H3,(H,19,20). The number of rotatable bonds is 6. The SMILES string of the molecule is COc1ccc(C(=O)NC(C)COc2ccc(Cl)cc2)cc1. The number of hydrogen-bond acceptors (Lipinski definition) is 3. The van der Waals surface area contributed by atoms with Gasteiger partial charge in [0.2, 0.25) is 0 Å². The highest BCUT2D eigenvalue weighted by Crippen LogP contribution is 2.15. The molecule has 1 amide bonds. The molecule has 1 unspecified atom stereocenters. The van der Waals surface area contributed by atoms with E-state index in [1.165, 1.54) is 0 Å². The number of carbonyl (C=O) groups is 1. The van der Waals surface area contributed by atoms with E-state index >= 15 is 0 Å². The number of benzene rings is 2. The highest BCUT2D eigenvalue weighted by atomic mass is 35.5. The molecule has 2 aromatic carbocycles. The Balaban J connectivity index is 1.83. The van der Waals surface area contributed by atoms with Gasteiger partial charge in [-0.2, -0.15) is 0 Å². The molecule has 0 bridgehead atoms. The molecule has 1 atom stereocenters. The molecule has 4 nitrogen and oxygen atoms in total. The lowest BCUT2D eigenvalue weighted by molar-refractivity contribution is 0.0926. The second-order valence-electron chi connectivity index (χ2n) is 4.87. The first-order chi connectivity index (χ1) is 10.6. The molecule has 116 valence electrons. The Morgan fingerprint density at radius 2 is 1.68 bits per heavy atom. The Morgan fingerprint density at radius 3 is 2.27 bits per heavy atom. The van der Waals surface area contributed by atoms with Crippen molar-refractivity contribution in [3.05, 3.63) is 59.1 Å². The minimum atomic E-state index is -0.144. The summed E-state index contributed by atoms with van der Waals surface area (Å²) in [5, 5.41) is 3.54. The van der Waals surface area contributed by atoms with Crippen molar-refractivity contribution in [2.45, 2.75) is 13.0 Å². The zero-order valence-corrected chi connectivity index (χ0v) is 13.3. The van der Waals surface area contributed by atoms with Gasteiger partial charge >= 0.3 is 0 Å². The number of nitrogens with one attached hydrogen (secondary N) is 1. The Kier molecular flexibility index (Phi) is 5.67. The summed E-state index contributed by atoms with van der Waals surface area (Å²) in [4.78, 5) is 12.1. The van der Waals surface area contributed by atoms with Crippen molar-refractivity contribution in [3.63, 3.8) is 0 Å². The van der Waals surface area contributed by atoms with Crippen molar-refractivity contribution < 1.29 is 14.3 Å². The minimum Gasteiger partial charge on any atom is -0.497 e. The predicted octanol–water partition coefficient (Wildman–Crippen LogP) is 3.55. The predicted molar refractivity (Wildman–Crippen MR) is 86.9 cm³/mol. The van der Waals surface area contributed by atoms with Crippen LogP contribution in [0.25, 0.3) is 0 Å². The van der Waals surface area contributed by atoms with Crippen LogP contribution < -0.4 is 14.8 Å². The van der Waals surface area contributed by atoms with E-state index in [-0.39, 0.29) is 11.9 Å². The van der Waals surface area contributed by atoms with Crippen LogP contribution in [0, 0.1) is 0 Å². The van der Waals surface area contributed by atoms with Crippen LogP contribution in [-0.2, 0) is 0 Å². The lowest BCUT2D eigenvalue weighted by Crippen LogP contribution is -2.36. The Morgan fingerprint density at radius 1 is 1.09 bits per heavy atom. The van der Waals surface area contributed by atoms with E-state index in [1.807, 2.05) is 6.92 Å². The lowest BCUT2D eigenvalue weighted by atomic mass is 10.2. The zero-order valence-electron chi connectivity index (χ0n) is 12.5. The zero-order chi connectivity index (χ0) is 15.9. The number of hydrogen-bond donors (Lipinski definition) is 1. The highest BCUT2D eigenvalue weighted by molar-refractivity contribution is 6.30. The summed E-state index contributed by atoms with van der Waals surface area (Å²) >= 11 is 5.81. The van der Waals surface area contributed by atoms with Crippen LogP contribution in [-0.4, -0.2) is 25.7 Å². The average Bonchev–Trinajstić information content (AvgIpc) is 2.54. The number of amides is 1. The monoisotopic (exact) mass is 319 g/mol. The number of carbonyl (C=O) groups excluding carboxylic acids is 1. The van der Waals surface area contributed by atoms with E-state index in [1.54, 1.807) is 55.6 Å². The smallest absolute Gasteiger partial charge is 0.251 e. The Labute approximate surface area is 135 Å². The van der Waals surface area contributed by atoms with Crippen LogP contribution in [0.1, 0.15) is 17.3 Å². The topological polar surface area (TPSA) is 47.6 Å². The second kappa shape index (κ2) is 7.71. The van der Waals surface area contributed by atoms with Crippen LogP contribution in [0.15, 0.2) is 48.5 Å². The quantitative estimate of drug-likeness (QED) is 0.885. The van der Waals surface area contributed by atoms with E-state index in [9.17, 15) is 4.79 Å². The first-order valence-electron chi connectivity index (χ1n) is 6.92. The fourth-order valence-corrected chi connectivity index (χ4v) is 1.97. The first-order valence-corrected chi connectivity index (χ1v) is 7.29. The van der Waals surface area contributed by atoms with Gasteiger partial charge in [0, 0.05) is 10.6 Å². The van der Waals surface area contributed by atoms with Crippen LogP contribution in [0.4, 0.5) is 0 Å². The molecule has 5 heteroatoms. The van der Waals surface area contributed by atoms with Gasteiger partial charge in [-0.25, -0.2) is 0 Å². The molecule has 2 aromatic rings. The van der Waals surface area contributed by atoms with Crippen molar-refractivity contribution in [1.82, 2.24) is 5.32 Å². The molecule has 0 saturated carbocycles. The largest absolute Gasteiger partial charge is 0.497 e. The first kappa shape index (κ1) is 16.2. The Bertz CT molecular complexity index is 611. The maximum atomic E-state index is 12.1. The van der Waals surface area contributed by atoms with Gasteiger partial charge in [0.25, 0.3) is 5.91 Å². The minimum absolute atomic E-state index is 0.120. The summed E-state index contributed by atoms with van der Waals surface area (Å²) in [5.74, 6) is 1.29. The van der Waals surface area contributed by atoms with Gasteiger partial charge in [0.05, 0.1) is 13.2 Å². The molecule has 0 fully saturated rings. The van der Waals surface area contributed by atoms with E-state index in [0.717, 1.165) is 11.5 Å². The molecule has 2 rings (SSSR count). The molecule has 0 saturated heterocycles. The molecule has 0 spiro atoms. The van der Waals surface area contributed by atoms with Gasteiger partial charge in [0.15, 0.2) is 0 Å². The summed E-state index contributed by atoms with van der Waals surface area (Å²) in [6, 6.07) is 13.9. The molecule has 1 N–H and O–H groups in total. The van der Waals surface area contributed by atoms with Gasteiger partial charge in [-0.05, 0) is 55.5 Å². The van der Waals surface area contributed by atoms with Gasteiger partial charge in [-0.1, -0.05) is 11.6 Å². The molecule has 22 heavy (non-hydrogen) atoms. The summed E-state index contributed by atoms with van der Waals surface area (Å²) in [5.41, 5.74) is 0.583. The molecule has 0 aromatic heterocycles. The van der Waals surface area contributed by atoms with Crippen LogP contribution in [0.2, 0.25) is 5.02 Å². The summed E-state index contributed by atoms with van der Waals surface area (Å²) in [7, 11) is 1.59. The maximum absolute atomic E-state index is 12.1. The molecular weight excluding hydrogens is 302 g/mol. The molecule has 0 aliphatic rings. The molecule has 0 aliphatic carbocycles. The number of methoxy groups -OCH3 is 1. The molecule has 0 radical (unpaired) electrons. The van der Waals surface area contributed by atoms with Crippen molar-refractivity contribution in [2.75, 3.05) is 13.7 Å². The third kappa shape index (κ3) is 4.67. The van der Waals surface area contributed by atoms with Crippen molar-refractivity contribution >= 4 is 17.5 Å². The van der Waals surface area contributed by atoms with Crippen molar-refractivity contribution in [3.8, 4) is 11.5 Å². The van der Waals surface area contributed by atoms with Gasteiger partial charge in [-0.3, -0.25) is 4.79 Å². The third-order valence-electron chi connectivity index (χ3n) is 3.04. The maximum Gasteiger partial charge on any atom is 0.251 e. The van der Waals surface area contributed by atoms with E-state index in [2.05, 4.69) is 5.32 Å². The fourth-order valence-electron chi connectivity index (χ4n) is 1.84. The fraction of sp³-hybridized carbons (Fsp3) is 0.235. The van der Waals surface area contributed by atoms with Crippen LogP contribution in [0.3, 0.4) is 0 Å². The summed E-state index contributed by atoms with van der Waals surface area (Å²) in [6.07, 6.45) is 0. The van der Waals surface area contributed by atoms with Gasteiger partial charge in [-0.15, -0.1) is 0 Å². The molecule has 0 heterocycles.